The largest absolute Gasteiger partial charge is 0.267 e. The molecule has 1 rings (SSSR count). The quantitative estimate of drug-likeness (QED) is 0.675. The van der Waals surface area contributed by atoms with Crippen LogP contribution < -0.4 is 5.43 Å². The lowest BCUT2D eigenvalue weighted by Crippen LogP contribution is -2.31. The van der Waals surface area contributed by atoms with Crippen LogP contribution in [0.2, 0.25) is 0 Å². The second-order valence-corrected chi connectivity index (χ2v) is 3.05. The highest BCUT2D eigenvalue weighted by Gasteiger charge is 2.09. The van der Waals surface area contributed by atoms with Crippen LogP contribution in [0, 0.1) is 0 Å². The number of nitrogens with one attached hydrogen (secondary N) is 1. The maximum absolute atomic E-state index is 5.75. The van der Waals surface area contributed by atoms with Crippen molar-refractivity contribution in [3.05, 3.63) is 23.7 Å². The zero-order valence-electron chi connectivity index (χ0n) is 7.43. The van der Waals surface area contributed by atoms with Gasteiger partial charge in [0.2, 0.25) is 0 Å². The summed E-state index contributed by atoms with van der Waals surface area (Å²) in [5.74, 6) is 0.852. The van der Waals surface area contributed by atoms with Gasteiger partial charge in [0.1, 0.15) is 11.0 Å². The van der Waals surface area contributed by atoms with Crippen molar-refractivity contribution in [1.82, 2.24) is 10.4 Å². The van der Waals surface area contributed by atoms with Crippen molar-refractivity contribution in [1.29, 1.82) is 0 Å². The van der Waals surface area contributed by atoms with Gasteiger partial charge in [-0.1, -0.05) is 11.6 Å². The Kier molecular flexibility index (Phi) is 2.89. The van der Waals surface area contributed by atoms with Crippen LogP contribution in [0.5, 0.6) is 0 Å². The molecule has 0 aliphatic carbocycles. The van der Waals surface area contributed by atoms with Crippen molar-refractivity contribution < 1.29 is 0 Å². The van der Waals surface area contributed by atoms with Gasteiger partial charge in [-0.25, -0.2) is 10.4 Å². The van der Waals surface area contributed by atoms with Crippen molar-refractivity contribution in [2.45, 2.75) is 13.8 Å². The van der Waals surface area contributed by atoms with Crippen LogP contribution in [-0.2, 0) is 0 Å². The van der Waals surface area contributed by atoms with Gasteiger partial charge in [0.05, 0.1) is 0 Å². The normalized spacial score (nSPS) is 16.5. The molecule has 0 aromatic rings. The summed E-state index contributed by atoms with van der Waals surface area (Å²) in [5.41, 5.74) is 4.10. The Hall–Kier alpha value is -0.800. The van der Waals surface area contributed by atoms with Crippen LogP contribution in [0.15, 0.2) is 28.7 Å². The van der Waals surface area contributed by atoms with Gasteiger partial charge in [-0.15, -0.1) is 0 Å². The summed E-state index contributed by atoms with van der Waals surface area (Å²) < 4.78 is 0. The SMILES string of the molecule is CNN1C=CC(Cl)=NC1=C(C)C. The predicted octanol–water partition coefficient (Wildman–Crippen LogP) is 1.84. The predicted molar refractivity (Wildman–Crippen MR) is 51.7 cm³/mol. The Morgan fingerprint density at radius 3 is 2.75 bits per heavy atom. The average Bonchev–Trinajstić information content (AvgIpc) is 2.04. The van der Waals surface area contributed by atoms with E-state index in [4.69, 9.17) is 11.6 Å². The molecule has 3 nitrogen and oxygen atoms in total. The molecule has 0 atom stereocenters. The molecule has 1 aliphatic rings. The van der Waals surface area contributed by atoms with E-state index in [0.29, 0.717) is 5.17 Å². The summed E-state index contributed by atoms with van der Waals surface area (Å²) in [5, 5.41) is 2.33. The van der Waals surface area contributed by atoms with Crippen molar-refractivity contribution in [2.75, 3.05) is 7.05 Å². The number of nitrogens with zero attached hydrogens (tertiary/aromatic N) is 2. The summed E-state index contributed by atoms with van der Waals surface area (Å²) in [4.78, 5) is 4.17. The molecular formula is C8H12ClN3. The highest BCUT2D eigenvalue weighted by atomic mass is 35.5. The summed E-state index contributed by atoms with van der Waals surface area (Å²) in [6.07, 6.45) is 3.59. The third kappa shape index (κ3) is 1.87. The first-order chi connectivity index (χ1) is 5.65. The number of aliphatic imine (C=N–C) groups is 1. The number of allylic oxidation sites excluding steroid dienone is 2. The third-order valence-corrected chi connectivity index (χ3v) is 1.70. The lowest BCUT2D eigenvalue weighted by Gasteiger charge is -2.23. The summed E-state index contributed by atoms with van der Waals surface area (Å²) in [6.45, 7) is 3.99. The Labute approximate surface area is 77.4 Å². The van der Waals surface area contributed by atoms with E-state index < -0.39 is 0 Å². The molecule has 0 bridgehead atoms. The summed E-state index contributed by atoms with van der Waals surface area (Å²) >= 11 is 5.75. The minimum Gasteiger partial charge on any atom is -0.267 e. The molecule has 0 saturated carbocycles. The molecule has 0 fully saturated rings. The second kappa shape index (κ2) is 3.74. The molecule has 0 spiro atoms. The van der Waals surface area contributed by atoms with Gasteiger partial charge < -0.3 is 0 Å². The number of halogens is 1. The van der Waals surface area contributed by atoms with Crippen LogP contribution in [-0.4, -0.2) is 17.2 Å². The van der Waals surface area contributed by atoms with E-state index in [2.05, 4.69) is 10.4 Å². The standard InChI is InChI=1S/C8H12ClN3/c1-6(2)8-11-7(9)4-5-12(8)10-3/h4-5,10H,1-3H3. The van der Waals surface area contributed by atoms with Crippen molar-refractivity contribution in [3.63, 3.8) is 0 Å². The lowest BCUT2D eigenvalue weighted by atomic mass is 10.3. The zero-order chi connectivity index (χ0) is 9.14. The highest BCUT2D eigenvalue weighted by Crippen LogP contribution is 2.15. The highest BCUT2D eigenvalue weighted by molar-refractivity contribution is 6.68. The molecule has 66 valence electrons. The number of hydrogen-bond acceptors (Lipinski definition) is 3. The molecular weight excluding hydrogens is 174 g/mol. The number of hydrazine groups is 1. The lowest BCUT2D eigenvalue weighted by molar-refractivity contribution is 0.365. The first-order valence-corrected chi connectivity index (χ1v) is 4.09. The van der Waals surface area contributed by atoms with Crippen molar-refractivity contribution in [3.8, 4) is 0 Å². The molecule has 12 heavy (non-hydrogen) atoms. The van der Waals surface area contributed by atoms with Crippen LogP contribution in [0.25, 0.3) is 0 Å². The van der Waals surface area contributed by atoms with E-state index in [-0.39, 0.29) is 0 Å². The van der Waals surface area contributed by atoms with Crippen LogP contribution in [0.4, 0.5) is 0 Å². The summed E-state index contributed by atoms with van der Waals surface area (Å²) in [6, 6.07) is 0. The topological polar surface area (TPSA) is 27.6 Å². The zero-order valence-corrected chi connectivity index (χ0v) is 8.18. The molecule has 4 heteroatoms. The second-order valence-electron chi connectivity index (χ2n) is 2.67. The van der Waals surface area contributed by atoms with Crippen LogP contribution in [0.1, 0.15) is 13.8 Å². The molecule has 0 aromatic heterocycles. The molecule has 0 radical (unpaired) electrons. The average molecular weight is 186 g/mol. The molecule has 0 saturated heterocycles. The maximum atomic E-state index is 5.75. The van der Waals surface area contributed by atoms with Gasteiger partial charge in [0.25, 0.3) is 0 Å². The first-order valence-electron chi connectivity index (χ1n) is 3.71. The fraction of sp³-hybridized carbons (Fsp3) is 0.375. The minimum atomic E-state index is 0.512. The smallest absolute Gasteiger partial charge is 0.147 e. The van der Waals surface area contributed by atoms with Gasteiger partial charge in [0.15, 0.2) is 0 Å². The first kappa shape index (κ1) is 9.29. The monoisotopic (exact) mass is 185 g/mol. The molecule has 1 heterocycles. The molecule has 1 N–H and O–H groups in total. The Balaban J connectivity index is 2.98. The minimum absolute atomic E-state index is 0.512. The Bertz CT molecular complexity index is 261. The summed E-state index contributed by atoms with van der Waals surface area (Å²) in [7, 11) is 1.84. The van der Waals surface area contributed by atoms with Crippen molar-refractivity contribution in [2.24, 2.45) is 4.99 Å². The van der Waals surface area contributed by atoms with Crippen LogP contribution >= 0.6 is 11.6 Å². The molecule has 0 unspecified atom stereocenters. The van der Waals surface area contributed by atoms with E-state index in [1.165, 1.54) is 0 Å². The number of hydrogen-bond donors (Lipinski definition) is 1. The fourth-order valence-electron chi connectivity index (χ4n) is 0.932. The van der Waals surface area contributed by atoms with E-state index in [1.54, 1.807) is 6.08 Å². The molecule has 1 aliphatic heterocycles. The Morgan fingerprint density at radius 1 is 1.58 bits per heavy atom. The number of rotatable bonds is 1. The Morgan fingerprint density at radius 2 is 2.25 bits per heavy atom. The van der Waals surface area contributed by atoms with Gasteiger partial charge in [-0.05, 0) is 25.5 Å². The van der Waals surface area contributed by atoms with Gasteiger partial charge in [-0.3, -0.25) is 5.01 Å². The van der Waals surface area contributed by atoms with Gasteiger partial charge in [-0.2, -0.15) is 0 Å². The van der Waals surface area contributed by atoms with E-state index in [9.17, 15) is 0 Å². The fourth-order valence-corrected chi connectivity index (χ4v) is 1.07. The molecule has 0 amide bonds. The van der Waals surface area contributed by atoms with E-state index in [0.717, 1.165) is 11.4 Å². The van der Waals surface area contributed by atoms with E-state index in [1.807, 2.05) is 32.1 Å². The van der Waals surface area contributed by atoms with Crippen molar-refractivity contribution >= 4 is 16.8 Å². The molecule has 0 aromatic carbocycles. The van der Waals surface area contributed by atoms with E-state index >= 15 is 0 Å². The van der Waals surface area contributed by atoms with Gasteiger partial charge in [0, 0.05) is 13.2 Å². The van der Waals surface area contributed by atoms with Crippen LogP contribution in [0.3, 0.4) is 0 Å². The maximum Gasteiger partial charge on any atom is 0.147 e. The third-order valence-electron chi connectivity index (χ3n) is 1.49. The van der Waals surface area contributed by atoms with Gasteiger partial charge >= 0.3 is 0 Å².